The second-order valence-corrected chi connectivity index (χ2v) is 6.19. The van der Waals surface area contributed by atoms with Crippen molar-refractivity contribution in [2.24, 2.45) is 5.10 Å². The predicted molar refractivity (Wildman–Crippen MR) is 96.9 cm³/mol. The van der Waals surface area contributed by atoms with Crippen LogP contribution in [0, 0.1) is 0 Å². The molecule has 26 heavy (non-hydrogen) atoms. The van der Waals surface area contributed by atoms with E-state index in [9.17, 15) is 9.59 Å². The number of benzene rings is 1. The van der Waals surface area contributed by atoms with Gasteiger partial charge in [0.25, 0.3) is 0 Å². The van der Waals surface area contributed by atoms with Crippen LogP contribution in [0.5, 0.6) is 0 Å². The van der Waals surface area contributed by atoms with Gasteiger partial charge in [0, 0.05) is 23.7 Å². The number of nitrogens with zero attached hydrogens (tertiary/aromatic N) is 1. The number of carbonyl (C=O) groups excluding carboxylic acids is 2. The molecule has 0 unspecified atom stereocenters. The Balaban J connectivity index is 1.48. The van der Waals surface area contributed by atoms with E-state index in [1.807, 2.05) is 12.1 Å². The molecular weight excluding hydrogens is 358 g/mol. The van der Waals surface area contributed by atoms with Crippen molar-refractivity contribution in [3.63, 3.8) is 0 Å². The molecule has 0 aliphatic carbocycles. The highest BCUT2D eigenvalue weighted by Crippen LogP contribution is 2.24. The Morgan fingerprint density at radius 2 is 2.15 bits per heavy atom. The minimum Gasteiger partial charge on any atom is -0.455 e. The van der Waals surface area contributed by atoms with Crippen molar-refractivity contribution in [3.05, 3.63) is 47.2 Å². The molecule has 1 fully saturated rings. The summed E-state index contributed by atoms with van der Waals surface area (Å²) in [4.78, 5) is 23.4. The summed E-state index contributed by atoms with van der Waals surface area (Å²) < 4.78 is 11.0. The number of hydrogen-bond donors (Lipinski definition) is 2. The minimum absolute atomic E-state index is 0.0247. The maximum absolute atomic E-state index is 11.7. The fourth-order valence-electron chi connectivity index (χ4n) is 2.52. The van der Waals surface area contributed by atoms with Crippen LogP contribution in [-0.2, 0) is 14.3 Å². The number of hydrogen-bond acceptors (Lipinski definition) is 5. The molecule has 1 atom stereocenters. The largest absolute Gasteiger partial charge is 0.455 e. The summed E-state index contributed by atoms with van der Waals surface area (Å²) in [5.41, 5.74) is 2.99. The molecular formula is C18H18ClN3O4. The summed E-state index contributed by atoms with van der Waals surface area (Å²) in [5.74, 6) is -0.549. The van der Waals surface area contributed by atoms with Crippen molar-refractivity contribution < 1.29 is 18.7 Å². The predicted octanol–water partition coefficient (Wildman–Crippen LogP) is 2.35. The zero-order chi connectivity index (χ0) is 18.4. The molecule has 7 nitrogen and oxygen atoms in total. The Bertz CT molecular complexity index is 812. The summed E-state index contributed by atoms with van der Waals surface area (Å²) in [6.07, 6.45) is 3.15. The molecule has 1 aliphatic heterocycles. The number of furan rings is 1. The molecule has 0 radical (unpaired) electrons. The number of ether oxygens (including phenoxy) is 1. The zero-order valence-corrected chi connectivity index (χ0v) is 14.7. The standard InChI is InChI=1S/C18H18ClN3O4/c19-13-4-1-3-12(9-13)16-7-6-15(26-16)11-21-22-18(24)17(23)20-10-14-5-2-8-25-14/h1,3-4,6-7,9,11,14H,2,5,8,10H2,(H,20,23)(H,22,24)/b21-11+/t14-/m0/s1. The summed E-state index contributed by atoms with van der Waals surface area (Å²) in [5, 5.41) is 6.86. The quantitative estimate of drug-likeness (QED) is 0.476. The van der Waals surface area contributed by atoms with Gasteiger partial charge in [-0.25, -0.2) is 5.43 Å². The lowest BCUT2D eigenvalue weighted by atomic mass is 10.2. The molecule has 136 valence electrons. The van der Waals surface area contributed by atoms with E-state index < -0.39 is 11.8 Å². The molecule has 0 spiro atoms. The van der Waals surface area contributed by atoms with Gasteiger partial charge in [-0.1, -0.05) is 23.7 Å². The Morgan fingerprint density at radius 1 is 1.27 bits per heavy atom. The fraction of sp³-hybridized carbons (Fsp3) is 0.278. The van der Waals surface area contributed by atoms with Gasteiger partial charge in [-0.2, -0.15) is 5.10 Å². The number of amides is 2. The van der Waals surface area contributed by atoms with Gasteiger partial charge in [-0.3, -0.25) is 9.59 Å². The first-order valence-electron chi connectivity index (χ1n) is 8.20. The summed E-state index contributed by atoms with van der Waals surface area (Å²) in [6, 6.07) is 10.7. The first-order chi connectivity index (χ1) is 12.6. The highest BCUT2D eigenvalue weighted by atomic mass is 35.5. The molecule has 2 heterocycles. The van der Waals surface area contributed by atoms with E-state index in [0.29, 0.717) is 29.7 Å². The van der Waals surface area contributed by atoms with Crippen LogP contribution in [0.1, 0.15) is 18.6 Å². The van der Waals surface area contributed by atoms with Crippen molar-refractivity contribution in [1.29, 1.82) is 0 Å². The molecule has 0 bridgehead atoms. The number of carbonyl (C=O) groups is 2. The highest BCUT2D eigenvalue weighted by molar-refractivity contribution is 6.35. The number of hydrazone groups is 1. The maximum Gasteiger partial charge on any atom is 0.329 e. The van der Waals surface area contributed by atoms with E-state index in [1.165, 1.54) is 6.21 Å². The monoisotopic (exact) mass is 375 g/mol. The van der Waals surface area contributed by atoms with E-state index in [4.69, 9.17) is 20.8 Å². The van der Waals surface area contributed by atoms with Crippen LogP contribution in [0.15, 0.2) is 45.9 Å². The van der Waals surface area contributed by atoms with Gasteiger partial charge >= 0.3 is 11.8 Å². The third-order valence-electron chi connectivity index (χ3n) is 3.81. The van der Waals surface area contributed by atoms with Crippen LogP contribution in [0.25, 0.3) is 11.3 Å². The van der Waals surface area contributed by atoms with Gasteiger partial charge in [0.05, 0.1) is 12.3 Å². The van der Waals surface area contributed by atoms with Crippen LogP contribution >= 0.6 is 11.6 Å². The van der Waals surface area contributed by atoms with Gasteiger partial charge in [-0.05, 0) is 37.1 Å². The molecule has 1 saturated heterocycles. The summed E-state index contributed by atoms with van der Waals surface area (Å²) >= 11 is 5.96. The Morgan fingerprint density at radius 3 is 2.92 bits per heavy atom. The lowest BCUT2D eigenvalue weighted by Crippen LogP contribution is -2.41. The number of nitrogens with one attached hydrogen (secondary N) is 2. The molecule has 3 rings (SSSR count). The van der Waals surface area contributed by atoms with Crippen molar-refractivity contribution in [2.45, 2.75) is 18.9 Å². The third kappa shape index (κ3) is 4.93. The van der Waals surface area contributed by atoms with Crippen LogP contribution in [0.4, 0.5) is 0 Å². The summed E-state index contributed by atoms with van der Waals surface area (Å²) in [6.45, 7) is 1.01. The van der Waals surface area contributed by atoms with Gasteiger partial charge in [0.1, 0.15) is 11.5 Å². The van der Waals surface area contributed by atoms with Crippen molar-refractivity contribution in [3.8, 4) is 11.3 Å². The van der Waals surface area contributed by atoms with Crippen LogP contribution in [0.3, 0.4) is 0 Å². The second kappa shape index (κ2) is 8.64. The normalized spacial score (nSPS) is 16.7. The zero-order valence-electron chi connectivity index (χ0n) is 13.9. The van der Waals surface area contributed by atoms with Crippen LogP contribution in [-0.4, -0.2) is 37.3 Å². The molecule has 0 saturated carbocycles. The second-order valence-electron chi connectivity index (χ2n) is 5.76. The van der Waals surface area contributed by atoms with Gasteiger partial charge in [0.2, 0.25) is 0 Å². The van der Waals surface area contributed by atoms with Crippen molar-refractivity contribution in [2.75, 3.05) is 13.2 Å². The van der Waals surface area contributed by atoms with Crippen molar-refractivity contribution >= 4 is 29.6 Å². The van der Waals surface area contributed by atoms with E-state index in [1.54, 1.807) is 24.3 Å². The minimum atomic E-state index is -0.846. The SMILES string of the molecule is O=C(NC[C@@H]1CCCO1)C(=O)N/N=C/c1ccc(-c2cccc(Cl)c2)o1. The average Bonchev–Trinajstić information content (AvgIpc) is 3.31. The van der Waals surface area contributed by atoms with Gasteiger partial charge < -0.3 is 14.5 Å². The number of halogens is 1. The Labute approximate surface area is 155 Å². The average molecular weight is 376 g/mol. The topological polar surface area (TPSA) is 92.9 Å². The number of rotatable bonds is 5. The van der Waals surface area contributed by atoms with E-state index in [-0.39, 0.29) is 6.10 Å². The molecule has 2 amide bonds. The molecule has 8 heteroatoms. The van der Waals surface area contributed by atoms with Gasteiger partial charge in [-0.15, -0.1) is 0 Å². The van der Waals surface area contributed by atoms with Crippen molar-refractivity contribution in [1.82, 2.24) is 10.7 Å². The maximum atomic E-state index is 11.7. The van der Waals surface area contributed by atoms with E-state index >= 15 is 0 Å². The highest BCUT2D eigenvalue weighted by Gasteiger charge is 2.18. The first kappa shape index (κ1) is 18.2. The fourth-order valence-corrected chi connectivity index (χ4v) is 2.71. The summed E-state index contributed by atoms with van der Waals surface area (Å²) in [7, 11) is 0. The first-order valence-corrected chi connectivity index (χ1v) is 8.58. The van der Waals surface area contributed by atoms with E-state index in [0.717, 1.165) is 18.4 Å². The Kier molecular flexibility index (Phi) is 6.04. The van der Waals surface area contributed by atoms with Crippen LogP contribution < -0.4 is 10.7 Å². The smallest absolute Gasteiger partial charge is 0.329 e. The van der Waals surface area contributed by atoms with E-state index in [2.05, 4.69) is 15.8 Å². The lowest BCUT2D eigenvalue weighted by molar-refractivity contribution is -0.139. The van der Waals surface area contributed by atoms with Crippen LogP contribution in [0.2, 0.25) is 5.02 Å². The molecule has 1 aliphatic rings. The molecule has 1 aromatic carbocycles. The Hall–Kier alpha value is -2.64. The molecule has 1 aromatic heterocycles. The lowest BCUT2D eigenvalue weighted by Gasteiger charge is -2.09. The molecule has 2 N–H and O–H groups in total. The third-order valence-corrected chi connectivity index (χ3v) is 4.05. The molecule has 2 aromatic rings. The van der Waals surface area contributed by atoms with Gasteiger partial charge in [0.15, 0.2) is 0 Å².